The van der Waals surface area contributed by atoms with Crippen molar-refractivity contribution in [1.29, 1.82) is 0 Å². The smallest absolute Gasteiger partial charge is 0.112 e. The van der Waals surface area contributed by atoms with Gasteiger partial charge in [-0.05, 0) is 6.92 Å². The predicted octanol–water partition coefficient (Wildman–Crippen LogP) is 0.488. The quantitative estimate of drug-likeness (QED) is 0.698. The van der Waals surface area contributed by atoms with E-state index in [1.165, 1.54) is 0 Å². The van der Waals surface area contributed by atoms with Crippen molar-refractivity contribution in [1.82, 2.24) is 0 Å². The molecule has 0 bridgehead atoms. The molecule has 1 aliphatic rings. The zero-order valence-corrected chi connectivity index (χ0v) is 12.0. The molecule has 114 valence electrons. The molecule has 6 nitrogen and oxygen atoms in total. The predicted molar refractivity (Wildman–Crippen MR) is 69.5 cm³/mol. The van der Waals surface area contributed by atoms with Gasteiger partial charge in [0.15, 0.2) is 0 Å². The van der Waals surface area contributed by atoms with Crippen molar-refractivity contribution >= 4 is 0 Å². The molecule has 19 heavy (non-hydrogen) atoms. The van der Waals surface area contributed by atoms with Gasteiger partial charge in [0, 0.05) is 7.11 Å². The molecule has 0 spiro atoms. The second-order valence-corrected chi connectivity index (χ2v) is 4.62. The molecule has 0 aromatic carbocycles. The van der Waals surface area contributed by atoms with E-state index in [0.29, 0.717) is 66.1 Å². The van der Waals surface area contributed by atoms with E-state index in [4.69, 9.17) is 28.4 Å². The Balaban J connectivity index is 2.35. The topological polar surface area (TPSA) is 55.4 Å². The maximum absolute atomic E-state index is 5.79. The lowest BCUT2D eigenvalue weighted by Crippen LogP contribution is -2.41. The highest BCUT2D eigenvalue weighted by Gasteiger charge is 2.26. The van der Waals surface area contributed by atoms with E-state index >= 15 is 0 Å². The van der Waals surface area contributed by atoms with Crippen LogP contribution in [0.1, 0.15) is 6.92 Å². The molecule has 0 unspecified atom stereocenters. The number of hydrogen-bond acceptors (Lipinski definition) is 6. The summed E-state index contributed by atoms with van der Waals surface area (Å²) in [5.74, 6) is 0. The van der Waals surface area contributed by atoms with Gasteiger partial charge in [-0.15, -0.1) is 0 Å². The molecule has 0 amide bonds. The van der Waals surface area contributed by atoms with Crippen LogP contribution in [0, 0.1) is 0 Å². The second-order valence-electron chi connectivity index (χ2n) is 4.62. The lowest BCUT2D eigenvalue weighted by atomic mass is 10.1. The van der Waals surface area contributed by atoms with Crippen molar-refractivity contribution < 1.29 is 28.4 Å². The Kier molecular flexibility index (Phi) is 9.32. The minimum atomic E-state index is -0.466. The van der Waals surface area contributed by atoms with Crippen molar-refractivity contribution in [2.24, 2.45) is 0 Å². The molecule has 1 aliphatic heterocycles. The molecule has 0 aliphatic carbocycles. The van der Waals surface area contributed by atoms with Crippen LogP contribution in [-0.4, -0.2) is 78.8 Å². The average molecular weight is 278 g/mol. The van der Waals surface area contributed by atoms with Gasteiger partial charge < -0.3 is 28.4 Å². The summed E-state index contributed by atoms with van der Waals surface area (Å²) in [6, 6.07) is 0. The first-order chi connectivity index (χ1) is 9.27. The molecule has 0 aromatic rings. The van der Waals surface area contributed by atoms with Gasteiger partial charge in [0.05, 0.1) is 66.1 Å². The van der Waals surface area contributed by atoms with E-state index in [1.807, 2.05) is 6.92 Å². The van der Waals surface area contributed by atoms with Gasteiger partial charge in [-0.25, -0.2) is 0 Å². The van der Waals surface area contributed by atoms with Gasteiger partial charge in [-0.1, -0.05) is 0 Å². The van der Waals surface area contributed by atoms with Gasteiger partial charge >= 0.3 is 0 Å². The largest absolute Gasteiger partial charge is 0.382 e. The molecule has 0 radical (unpaired) electrons. The third-order valence-electron chi connectivity index (χ3n) is 2.67. The number of rotatable bonds is 4. The number of ether oxygens (including phenoxy) is 6. The van der Waals surface area contributed by atoms with E-state index in [-0.39, 0.29) is 0 Å². The van der Waals surface area contributed by atoms with E-state index in [9.17, 15) is 0 Å². The van der Waals surface area contributed by atoms with Crippen LogP contribution in [0.2, 0.25) is 0 Å². The van der Waals surface area contributed by atoms with Crippen LogP contribution in [0.5, 0.6) is 0 Å². The second kappa shape index (κ2) is 10.5. The number of methoxy groups -OCH3 is 1. The van der Waals surface area contributed by atoms with Crippen LogP contribution in [-0.2, 0) is 28.4 Å². The first kappa shape index (κ1) is 16.8. The highest BCUT2D eigenvalue weighted by Crippen LogP contribution is 2.12. The molecule has 6 heteroatoms. The van der Waals surface area contributed by atoms with Gasteiger partial charge in [-0.3, -0.25) is 0 Å². The van der Waals surface area contributed by atoms with E-state index in [0.717, 1.165) is 0 Å². The van der Waals surface area contributed by atoms with Gasteiger partial charge in [0.2, 0.25) is 0 Å². The normalized spacial score (nSPS) is 23.1. The standard InChI is InChI=1S/C13H26O6/c1-13(19-10-3-14-2)11-17-8-6-15-4-5-16-7-9-18-12-13/h3-12H2,1-2H3. The van der Waals surface area contributed by atoms with Crippen LogP contribution in [0.25, 0.3) is 0 Å². The van der Waals surface area contributed by atoms with Crippen LogP contribution in [0.15, 0.2) is 0 Å². The first-order valence-corrected chi connectivity index (χ1v) is 6.71. The van der Waals surface area contributed by atoms with Crippen LogP contribution < -0.4 is 0 Å². The first-order valence-electron chi connectivity index (χ1n) is 6.71. The monoisotopic (exact) mass is 278 g/mol. The summed E-state index contributed by atoms with van der Waals surface area (Å²) < 4.78 is 32.7. The minimum absolute atomic E-state index is 0.466. The maximum atomic E-state index is 5.79. The van der Waals surface area contributed by atoms with Crippen molar-refractivity contribution in [3.05, 3.63) is 0 Å². The summed E-state index contributed by atoms with van der Waals surface area (Å²) in [5, 5.41) is 0. The van der Waals surface area contributed by atoms with Crippen LogP contribution >= 0.6 is 0 Å². The summed E-state index contributed by atoms with van der Waals surface area (Å²) in [7, 11) is 1.65. The summed E-state index contributed by atoms with van der Waals surface area (Å²) in [5.41, 5.74) is -0.466. The molecule has 1 rings (SSSR count). The molecular formula is C13H26O6. The summed E-state index contributed by atoms with van der Waals surface area (Å²) in [6.45, 7) is 7.40. The number of hydrogen-bond donors (Lipinski definition) is 0. The third kappa shape index (κ3) is 8.52. The Bertz CT molecular complexity index is 197. The maximum Gasteiger partial charge on any atom is 0.112 e. The fourth-order valence-corrected chi connectivity index (χ4v) is 1.63. The van der Waals surface area contributed by atoms with Crippen molar-refractivity contribution in [2.75, 3.05) is 73.2 Å². The van der Waals surface area contributed by atoms with E-state index in [1.54, 1.807) is 7.11 Å². The van der Waals surface area contributed by atoms with Crippen molar-refractivity contribution in [3.63, 3.8) is 0 Å². The molecule has 1 heterocycles. The Morgan fingerprint density at radius 2 is 1.26 bits per heavy atom. The zero-order chi connectivity index (χ0) is 13.8. The van der Waals surface area contributed by atoms with E-state index in [2.05, 4.69) is 0 Å². The molecule has 0 saturated carbocycles. The van der Waals surface area contributed by atoms with Crippen LogP contribution in [0.3, 0.4) is 0 Å². The molecule has 0 atom stereocenters. The lowest BCUT2D eigenvalue weighted by Gasteiger charge is -2.29. The van der Waals surface area contributed by atoms with E-state index < -0.39 is 5.60 Å². The summed E-state index contributed by atoms with van der Waals surface area (Å²) >= 11 is 0. The van der Waals surface area contributed by atoms with Crippen LogP contribution in [0.4, 0.5) is 0 Å². The Hall–Kier alpha value is -0.240. The third-order valence-corrected chi connectivity index (χ3v) is 2.67. The lowest BCUT2D eigenvalue weighted by molar-refractivity contribution is -0.136. The molecule has 1 saturated heterocycles. The van der Waals surface area contributed by atoms with Gasteiger partial charge in [-0.2, -0.15) is 0 Å². The molecule has 1 fully saturated rings. The summed E-state index contributed by atoms with van der Waals surface area (Å²) in [6.07, 6.45) is 0. The van der Waals surface area contributed by atoms with Gasteiger partial charge in [0.25, 0.3) is 0 Å². The fourth-order valence-electron chi connectivity index (χ4n) is 1.63. The summed E-state index contributed by atoms with van der Waals surface area (Å²) in [4.78, 5) is 0. The zero-order valence-electron chi connectivity index (χ0n) is 12.0. The van der Waals surface area contributed by atoms with Crippen molar-refractivity contribution in [2.45, 2.75) is 12.5 Å². The minimum Gasteiger partial charge on any atom is -0.382 e. The average Bonchev–Trinajstić information content (AvgIpc) is 2.42. The Morgan fingerprint density at radius 3 is 1.74 bits per heavy atom. The van der Waals surface area contributed by atoms with Crippen molar-refractivity contribution in [3.8, 4) is 0 Å². The highest BCUT2D eigenvalue weighted by atomic mass is 16.6. The Morgan fingerprint density at radius 1 is 0.789 bits per heavy atom. The SMILES string of the molecule is COCCOC1(C)COCCOCCOCCOC1. The van der Waals surface area contributed by atoms with Gasteiger partial charge in [0.1, 0.15) is 5.60 Å². The highest BCUT2D eigenvalue weighted by molar-refractivity contribution is 4.74. The molecular weight excluding hydrogens is 252 g/mol. The fraction of sp³-hybridized carbons (Fsp3) is 1.00. The Labute approximate surface area is 115 Å². The molecule has 0 aromatic heterocycles. The molecule has 0 N–H and O–H groups in total.